The molecule has 5 nitrogen and oxygen atoms in total. The normalized spacial score (nSPS) is 11.6. The van der Waals surface area contributed by atoms with Crippen LogP contribution in [-0.2, 0) is 4.79 Å². The second-order valence-electron chi connectivity index (χ2n) is 3.95. The van der Waals surface area contributed by atoms with Crippen molar-refractivity contribution in [3.8, 4) is 0 Å². The predicted octanol–water partition coefficient (Wildman–Crippen LogP) is -3.97. The number of carbonyl (C=O) groups is 1. The summed E-state index contributed by atoms with van der Waals surface area (Å²) in [7, 11) is 0. The van der Waals surface area contributed by atoms with Crippen LogP contribution in [-0.4, -0.2) is 43.4 Å². The number of carbonyl (C=O) groups excluding carboxylic acids is 1. The number of hydrogen-bond donors (Lipinski definition) is 3. The molecule has 3 N–H and O–H groups in total. The van der Waals surface area contributed by atoms with Gasteiger partial charge in [0.2, 0.25) is 0 Å². The molecule has 0 aliphatic carbocycles. The summed E-state index contributed by atoms with van der Waals surface area (Å²) in [5.74, 6) is -1.04. The van der Waals surface area contributed by atoms with Crippen molar-refractivity contribution in [3.63, 3.8) is 0 Å². The fourth-order valence-electron chi connectivity index (χ4n) is 1.36. The summed E-state index contributed by atoms with van der Waals surface area (Å²) in [6, 6.07) is 0. The number of aliphatic carboxylic acids is 1. The summed E-state index contributed by atoms with van der Waals surface area (Å²) in [6.45, 7) is 6.01. The number of nitrogens with one attached hydrogen (secondary N) is 2. The number of rotatable bonds is 12. The smallest absolute Gasteiger partial charge is 0.550 e. The van der Waals surface area contributed by atoms with Crippen LogP contribution in [0.5, 0.6) is 0 Å². The van der Waals surface area contributed by atoms with E-state index in [1.54, 1.807) is 0 Å². The Hall–Kier alpha value is 0.0900. The van der Waals surface area contributed by atoms with Crippen LogP contribution in [0.4, 0.5) is 0 Å². The molecule has 1 atom stereocenters. The molecule has 0 bridgehead atoms. The molecule has 0 aromatic carbocycles. The van der Waals surface area contributed by atoms with Gasteiger partial charge in [-0.25, -0.2) is 0 Å². The molecule has 0 aliphatic heterocycles. The fraction of sp³-hybridized carbons (Fsp3) is 0.750. The molecule has 0 rings (SSSR count). The van der Waals surface area contributed by atoms with Crippen LogP contribution in [0.2, 0.25) is 0 Å². The fourth-order valence-corrected chi connectivity index (χ4v) is 1.36. The van der Waals surface area contributed by atoms with E-state index in [0.29, 0.717) is 26.2 Å². The van der Waals surface area contributed by atoms with Gasteiger partial charge in [0.15, 0.2) is 0 Å². The second kappa shape index (κ2) is 15.1. The van der Waals surface area contributed by atoms with Gasteiger partial charge in [0.05, 0.1) is 6.10 Å². The molecule has 100 valence electrons. The molecular weight excluding hydrogens is 243 g/mol. The molecule has 0 aromatic rings. The Labute approximate surface area is 131 Å². The molecule has 0 radical (unpaired) electrons. The molecular formula is C12H23N2NaO3. The molecule has 0 saturated heterocycles. The molecule has 0 heterocycles. The Kier molecular flexibility index (Phi) is 17.2. The number of aliphatic hydroxyl groups is 1. The Bertz CT molecular complexity index is 215. The van der Waals surface area contributed by atoms with Crippen LogP contribution < -0.4 is 45.3 Å². The summed E-state index contributed by atoms with van der Waals surface area (Å²) in [5, 5.41) is 25.7. The molecule has 0 fully saturated rings. The Balaban J connectivity index is 0. The molecule has 0 aliphatic rings. The number of carboxylic acids is 1. The van der Waals surface area contributed by atoms with E-state index in [1.165, 1.54) is 0 Å². The SMILES string of the molecule is C=CCCCC(O)CNCCNCCC(=O)[O-].[Na+]. The zero-order valence-electron chi connectivity index (χ0n) is 11.3. The standard InChI is InChI=1S/C12H24N2O3.Na/c1-2-3-4-5-11(15)10-14-9-8-13-7-6-12(16)17;/h2,11,13-15H,1,3-10H2,(H,16,17);/q;+1/p-1. The van der Waals surface area contributed by atoms with Crippen LogP contribution in [0.15, 0.2) is 12.7 Å². The molecule has 18 heavy (non-hydrogen) atoms. The van der Waals surface area contributed by atoms with E-state index in [0.717, 1.165) is 19.3 Å². The summed E-state index contributed by atoms with van der Waals surface area (Å²) < 4.78 is 0. The molecule has 1 unspecified atom stereocenters. The summed E-state index contributed by atoms with van der Waals surface area (Å²) in [6.07, 6.45) is 4.22. The minimum absolute atomic E-state index is 0. The van der Waals surface area contributed by atoms with Crippen LogP contribution in [0, 0.1) is 0 Å². The van der Waals surface area contributed by atoms with Gasteiger partial charge in [0.25, 0.3) is 0 Å². The molecule has 0 saturated carbocycles. The van der Waals surface area contributed by atoms with Crippen molar-refractivity contribution < 1.29 is 44.6 Å². The van der Waals surface area contributed by atoms with Crippen molar-refractivity contribution in [1.82, 2.24) is 10.6 Å². The minimum Gasteiger partial charge on any atom is -0.550 e. The molecule has 0 spiro atoms. The second-order valence-corrected chi connectivity index (χ2v) is 3.95. The first-order valence-corrected chi connectivity index (χ1v) is 6.07. The maximum Gasteiger partial charge on any atom is 1.00 e. The van der Waals surface area contributed by atoms with Crippen molar-refractivity contribution in [2.45, 2.75) is 31.8 Å². The van der Waals surface area contributed by atoms with E-state index in [-0.39, 0.29) is 42.1 Å². The Morgan fingerprint density at radius 1 is 1.33 bits per heavy atom. The van der Waals surface area contributed by atoms with Crippen LogP contribution in [0.1, 0.15) is 25.7 Å². The first-order chi connectivity index (χ1) is 8.16. The van der Waals surface area contributed by atoms with Crippen LogP contribution in [0.25, 0.3) is 0 Å². The topological polar surface area (TPSA) is 84.4 Å². The molecule has 0 amide bonds. The van der Waals surface area contributed by atoms with E-state index < -0.39 is 5.97 Å². The van der Waals surface area contributed by atoms with Crippen molar-refractivity contribution in [1.29, 1.82) is 0 Å². The number of hydrogen-bond acceptors (Lipinski definition) is 5. The molecule has 0 aromatic heterocycles. The average Bonchev–Trinajstić information content (AvgIpc) is 2.28. The van der Waals surface area contributed by atoms with Gasteiger partial charge in [0, 0.05) is 32.1 Å². The van der Waals surface area contributed by atoms with Gasteiger partial charge in [-0.3, -0.25) is 0 Å². The van der Waals surface area contributed by atoms with Gasteiger partial charge in [-0.1, -0.05) is 6.08 Å². The van der Waals surface area contributed by atoms with Gasteiger partial charge in [-0.15, -0.1) is 6.58 Å². The first-order valence-electron chi connectivity index (χ1n) is 6.07. The van der Waals surface area contributed by atoms with E-state index in [2.05, 4.69) is 17.2 Å². The average molecular weight is 266 g/mol. The predicted molar refractivity (Wildman–Crippen MR) is 65.4 cm³/mol. The number of aliphatic hydroxyl groups excluding tert-OH is 1. The maximum absolute atomic E-state index is 10.1. The third-order valence-corrected chi connectivity index (χ3v) is 2.31. The summed E-state index contributed by atoms with van der Waals surface area (Å²) in [5.41, 5.74) is 0. The van der Waals surface area contributed by atoms with E-state index >= 15 is 0 Å². The monoisotopic (exact) mass is 266 g/mol. The quantitative estimate of drug-likeness (QED) is 0.191. The van der Waals surface area contributed by atoms with E-state index in [4.69, 9.17) is 0 Å². The maximum atomic E-state index is 10.1. The minimum atomic E-state index is -1.04. The van der Waals surface area contributed by atoms with Crippen LogP contribution in [0.3, 0.4) is 0 Å². The third-order valence-electron chi connectivity index (χ3n) is 2.31. The zero-order valence-corrected chi connectivity index (χ0v) is 13.3. The van der Waals surface area contributed by atoms with Gasteiger partial charge in [0.1, 0.15) is 0 Å². The van der Waals surface area contributed by atoms with Gasteiger partial charge in [-0.2, -0.15) is 0 Å². The van der Waals surface area contributed by atoms with Crippen molar-refractivity contribution in [3.05, 3.63) is 12.7 Å². The zero-order chi connectivity index (χ0) is 12.9. The number of unbranched alkanes of at least 4 members (excludes halogenated alkanes) is 1. The Morgan fingerprint density at radius 2 is 2.00 bits per heavy atom. The third kappa shape index (κ3) is 16.1. The largest absolute Gasteiger partial charge is 1.00 e. The first kappa shape index (κ1) is 20.4. The molecule has 6 heteroatoms. The number of carboxylic acid groups (broad SMARTS) is 1. The summed E-state index contributed by atoms with van der Waals surface area (Å²) >= 11 is 0. The van der Waals surface area contributed by atoms with Gasteiger partial charge >= 0.3 is 29.6 Å². The van der Waals surface area contributed by atoms with Gasteiger partial charge < -0.3 is 25.6 Å². The van der Waals surface area contributed by atoms with Gasteiger partial charge in [-0.05, 0) is 25.7 Å². The van der Waals surface area contributed by atoms with E-state index in [1.807, 2.05) is 6.08 Å². The number of allylic oxidation sites excluding steroid dienone is 1. The van der Waals surface area contributed by atoms with Crippen molar-refractivity contribution in [2.24, 2.45) is 0 Å². The van der Waals surface area contributed by atoms with Crippen molar-refractivity contribution in [2.75, 3.05) is 26.2 Å². The Morgan fingerprint density at radius 3 is 2.61 bits per heavy atom. The summed E-state index contributed by atoms with van der Waals surface area (Å²) in [4.78, 5) is 10.1. The van der Waals surface area contributed by atoms with E-state index in [9.17, 15) is 15.0 Å². The van der Waals surface area contributed by atoms with Crippen LogP contribution >= 0.6 is 0 Å². The van der Waals surface area contributed by atoms with Crippen molar-refractivity contribution >= 4 is 5.97 Å².